The molecular formula is C51H34N4O. The van der Waals surface area contributed by atoms with Gasteiger partial charge in [-0.15, -0.1) is 0 Å². The Balaban J connectivity index is 1.14. The molecule has 0 bridgehead atoms. The average molecular weight is 719 g/mol. The zero-order chi connectivity index (χ0) is 37.0. The summed E-state index contributed by atoms with van der Waals surface area (Å²) in [7, 11) is 0. The highest BCUT2D eigenvalue weighted by molar-refractivity contribution is 6.24. The number of nitrogens with one attached hydrogen (secondary N) is 1. The Bertz CT molecular complexity index is 3090. The van der Waals surface area contributed by atoms with Gasteiger partial charge >= 0.3 is 0 Å². The van der Waals surface area contributed by atoms with Crippen LogP contribution in [-0.4, -0.2) is 16.2 Å². The van der Waals surface area contributed by atoms with Crippen LogP contribution in [0.2, 0.25) is 0 Å². The Hall–Kier alpha value is -7.50. The number of hydrogen-bond acceptors (Lipinski definition) is 4. The first-order valence-corrected chi connectivity index (χ1v) is 18.9. The average Bonchev–Trinajstić information content (AvgIpc) is 3.81. The smallest absolute Gasteiger partial charge is 0.160 e. The number of benzene rings is 8. The third-order valence-corrected chi connectivity index (χ3v) is 10.8. The van der Waals surface area contributed by atoms with Gasteiger partial charge < -0.3 is 14.3 Å². The molecule has 0 amide bonds. The Labute approximate surface area is 323 Å². The van der Waals surface area contributed by atoms with Crippen molar-refractivity contribution in [2.75, 3.05) is 0 Å². The first-order valence-electron chi connectivity index (χ1n) is 18.9. The monoisotopic (exact) mass is 718 g/mol. The van der Waals surface area contributed by atoms with E-state index in [-0.39, 0.29) is 6.17 Å². The van der Waals surface area contributed by atoms with Crippen LogP contribution in [0.5, 0.6) is 0 Å². The molecule has 0 fully saturated rings. The van der Waals surface area contributed by atoms with Crippen LogP contribution < -0.4 is 5.32 Å². The molecule has 5 heteroatoms. The molecule has 0 saturated carbocycles. The second-order valence-corrected chi connectivity index (χ2v) is 14.2. The third-order valence-electron chi connectivity index (χ3n) is 10.8. The van der Waals surface area contributed by atoms with E-state index in [0.29, 0.717) is 5.84 Å². The number of fused-ring (bicyclic) bond motifs is 6. The van der Waals surface area contributed by atoms with E-state index in [9.17, 15) is 0 Å². The summed E-state index contributed by atoms with van der Waals surface area (Å²) in [6, 6.07) is 68.1. The number of rotatable bonds is 6. The van der Waals surface area contributed by atoms with Crippen molar-refractivity contribution in [2.24, 2.45) is 9.98 Å². The van der Waals surface area contributed by atoms with Crippen molar-refractivity contribution >= 4 is 55.4 Å². The lowest BCUT2D eigenvalue weighted by molar-refractivity contribution is 0.668. The van der Waals surface area contributed by atoms with Crippen molar-refractivity contribution in [3.63, 3.8) is 0 Å². The molecule has 8 aromatic carbocycles. The van der Waals surface area contributed by atoms with E-state index >= 15 is 0 Å². The number of aliphatic imine (C=N–C) groups is 2. The van der Waals surface area contributed by atoms with Gasteiger partial charge in [0.05, 0.1) is 11.0 Å². The van der Waals surface area contributed by atoms with Crippen LogP contribution in [-0.2, 0) is 0 Å². The highest BCUT2D eigenvalue weighted by atomic mass is 16.3. The van der Waals surface area contributed by atoms with Gasteiger partial charge in [0.25, 0.3) is 0 Å². The number of para-hydroxylation sites is 1. The zero-order valence-electron chi connectivity index (χ0n) is 30.3. The summed E-state index contributed by atoms with van der Waals surface area (Å²) in [4.78, 5) is 10.4. The standard InChI is InChI=1S/C51H34N4O/c1-5-16-33(17-6-1)37-28-38(34-18-7-2-8-19-34)30-39(29-37)55-44-26-14-13-24-40(44)42-31-43-47(32-45(42)55)56-46-27-15-25-41(48(43)46)51-53-49(35-20-9-3-10-21-35)52-50(54-51)36-22-11-4-12-23-36/h1-32,49H,(H,52,53,54). The molecule has 3 heterocycles. The summed E-state index contributed by atoms with van der Waals surface area (Å²) in [5, 5.41) is 7.95. The third kappa shape index (κ3) is 5.40. The lowest BCUT2D eigenvalue weighted by Crippen LogP contribution is -2.33. The van der Waals surface area contributed by atoms with Gasteiger partial charge in [-0.25, -0.2) is 9.98 Å². The largest absolute Gasteiger partial charge is 0.456 e. The van der Waals surface area contributed by atoms with E-state index in [2.05, 4.69) is 155 Å². The van der Waals surface area contributed by atoms with Gasteiger partial charge in [0.2, 0.25) is 0 Å². The second-order valence-electron chi connectivity index (χ2n) is 14.2. The predicted molar refractivity (Wildman–Crippen MR) is 231 cm³/mol. The fourth-order valence-corrected chi connectivity index (χ4v) is 8.21. The molecule has 1 atom stereocenters. The highest BCUT2D eigenvalue weighted by Gasteiger charge is 2.24. The van der Waals surface area contributed by atoms with E-state index in [0.717, 1.165) is 77.7 Å². The molecule has 56 heavy (non-hydrogen) atoms. The van der Waals surface area contributed by atoms with E-state index < -0.39 is 0 Å². The van der Waals surface area contributed by atoms with Gasteiger partial charge in [-0.2, -0.15) is 0 Å². The number of nitrogens with zero attached hydrogens (tertiary/aromatic N) is 3. The first kappa shape index (κ1) is 32.0. The minimum absolute atomic E-state index is 0.301. The maximum Gasteiger partial charge on any atom is 0.160 e. The summed E-state index contributed by atoms with van der Waals surface area (Å²) in [6.07, 6.45) is -0.301. The van der Waals surface area contributed by atoms with E-state index in [1.165, 1.54) is 16.5 Å². The summed E-state index contributed by atoms with van der Waals surface area (Å²) >= 11 is 0. The van der Waals surface area contributed by atoms with Crippen molar-refractivity contribution in [3.8, 4) is 27.9 Å². The van der Waals surface area contributed by atoms with Gasteiger partial charge in [0.15, 0.2) is 5.84 Å². The molecule has 5 nitrogen and oxygen atoms in total. The molecule has 1 aliphatic heterocycles. The molecular weight excluding hydrogens is 685 g/mol. The molecule has 0 aliphatic carbocycles. The lowest BCUT2D eigenvalue weighted by Gasteiger charge is -2.23. The van der Waals surface area contributed by atoms with Crippen molar-refractivity contribution in [2.45, 2.75) is 6.17 Å². The minimum atomic E-state index is -0.301. The Morgan fingerprint density at radius 2 is 1.09 bits per heavy atom. The Kier molecular flexibility index (Phi) is 7.49. The Morgan fingerprint density at radius 3 is 1.79 bits per heavy atom. The minimum Gasteiger partial charge on any atom is -0.456 e. The molecule has 10 aromatic rings. The maximum atomic E-state index is 6.76. The molecule has 1 aliphatic rings. The molecule has 0 radical (unpaired) electrons. The van der Waals surface area contributed by atoms with Crippen LogP contribution in [0, 0.1) is 0 Å². The fourth-order valence-electron chi connectivity index (χ4n) is 8.21. The normalized spacial score (nSPS) is 14.2. The molecule has 264 valence electrons. The van der Waals surface area contributed by atoms with E-state index in [4.69, 9.17) is 14.4 Å². The predicted octanol–water partition coefficient (Wildman–Crippen LogP) is 12.5. The maximum absolute atomic E-state index is 6.76. The topological polar surface area (TPSA) is 54.8 Å². The van der Waals surface area contributed by atoms with Crippen LogP contribution in [0.4, 0.5) is 0 Å². The fraction of sp³-hybridized carbons (Fsp3) is 0.0196. The molecule has 1 N–H and O–H groups in total. The van der Waals surface area contributed by atoms with Crippen LogP contribution in [0.3, 0.4) is 0 Å². The first-order chi connectivity index (χ1) is 27.7. The van der Waals surface area contributed by atoms with Crippen LogP contribution >= 0.6 is 0 Å². The lowest BCUT2D eigenvalue weighted by atomic mass is 9.98. The number of amidine groups is 2. The molecule has 1 unspecified atom stereocenters. The molecule has 2 aromatic heterocycles. The van der Waals surface area contributed by atoms with E-state index in [1.807, 2.05) is 48.5 Å². The number of furan rings is 1. The second kappa shape index (κ2) is 13.1. The number of aromatic nitrogens is 1. The van der Waals surface area contributed by atoms with Gasteiger partial charge in [0.1, 0.15) is 23.2 Å². The molecule has 0 saturated heterocycles. The van der Waals surface area contributed by atoms with Gasteiger partial charge in [0, 0.05) is 44.4 Å². The van der Waals surface area contributed by atoms with Crippen molar-refractivity contribution in [1.29, 1.82) is 0 Å². The quantitative estimate of drug-likeness (QED) is 0.186. The number of hydrogen-bond donors (Lipinski definition) is 1. The van der Waals surface area contributed by atoms with Gasteiger partial charge in [-0.3, -0.25) is 0 Å². The SMILES string of the molecule is c1ccc(C2=NC(c3cccc4oc5cc6c(cc5c34)c3ccccc3n6-c3cc(-c4ccccc4)cc(-c4ccccc4)c3)=NC(c3ccccc3)N2)cc1. The summed E-state index contributed by atoms with van der Waals surface area (Å²) in [5.74, 6) is 1.45. The zero-order valence-corrected chi connectivity index (χ0v) is 30.3. The molecule has 0 spiro atoms. The van der Waals surface area contributed by atoms with Crippen LogP contribution in [0.15, 0.2) is 209 Å². The Morgan fingerprint density at radius 1 is 0.464 bits per heavy atom. The van der Waals surface area contributed by atoms with Crippen molar-refractivity contribution < 1.29 is 4.42 Å². The van der Waals surface area contributed by atoms with E-state index in [1.54, 1.807) is 0 Å². The molecule has 11 rings (SSSR count). The van der Waals surface area contributed by atoms with Crippen LogP contribution in [0.1, 0.15) is 22.9 Å². The highest BCUT2D eigenvalue weighted by Crippen LogP contribution is 2.41. The van der Waals surface area contributed by atoms with Crippen molar-refractivity contribution in [1.82, 2.24) is 9.88 Å². The summed E-state index contributed by atoms with van der Waals surface area (Å²) < 4.78 is 9.14. The van der Waals surface area contributed by atoms with Crippen LogP contribution in [0.25, 0.3) is 71.7 Å². The summed E-state index contributed by atoms with van der Waals surface area (Å²) in [6.45, 7) is 0. The van der Waals surface area contributed by atoms with Gasteiger partial charge in [-0.1, -0.05) is 152 Å². The van der Waals surface area contributed by atoms with Gasteiger partial charge in [-0.05, 0) is 64.2 Å². The summed E-state index contributed by atoms with van der Waals surface area (Å²) in [5.41, 5.74) is 12.6. The van der Waals surface area contributed by atoms with Crippen molar-refractivity contribution in [3.05, 3.63) is 211 Å².